The summed E-state index contributed by atoms with van der Waals surface area (Å²) >= 11 is 1.37. The van der Waals surface area contributed by atoms with Gasteiger partial charge in [0.2, 0.25) is 21.0 Å². The topological polar surface area (TPSA) is 111 Å². The quantitative estimate of drug-likeness (QED) is 0.409. The molecular weight excluding hydrogens is 444 g/mol. The van der Waals surface area contributed by atoms with Gasteiger partial charge in [0, 0.05) is 29.1 Å². The molecule has 7 nitrogen and oxygen atoms in total. The number of sulfonamides is 1. The molecule has 0 saturated carbocycles. The molecule has 0 saturated heterocycles. The second kappa shape index (κ2) is 7.86. The number of hydrogen-bond donors (Lipinski definition) is 2. The van der Waals surface area contributed by atoms with Crippen LogP contribution < -0.4 is 5.14 Å². The number of aromatic hydroxyl groups is 1. The fourth-order valence-electron chi connectivity index (χ4n) is 3.63. The number of nitrogens with two attached hydrogens (primary N) is 1. The van der Waals surface area contributed by atoms with Gasteiger partial charge in [-0.2, -0.15) is 9.78 Å². The van der Waals surface area contributed by atoms with E-state index in [2.05, 4.69) is 10.1 Å². The molecule has 0 fully saturated rings. The number of benzene rings is 3. The molecular formula is C23H18N4O3S2. The molecule has 2 heterocycles. The first-order valence-corrected chi connectivity index (χ1v) is 12.1. The van der Waals surface area contributed by atoms with Crippen LogP contribution in [0.1, 0.15) is 11.1 Å². The summed E-state index contributed by atoms with van der Waals surface area (Å²) in [5.74, 6) is -0.00127. The Labute approximate surface area is 188 Å². The van der Waals surface area contributed by atoms with E-state index in [0.717, 1.165) is 21.9 Å². The summed E-state index contributed by atoms with van der Waals surface area (Å²) in [5.41, 5.74) is 2.94. The van der Waals surface area contributed by atoms with Crippen molar-refractivity contribution >= 4 is 32.1 Å². The second-order valence-electron chi connectivity index (χ2n) is 7.30. The van der Waals surface area contributed by atoms with Gasteiger partial charge in [-0.25, -0.2) is 18.5 Å². The van der Waals surface area contributed by atoms with Crippen LogP contribution in [0.25, 0.3) is 27.2 Å². The molecule has 0 unspecified atom stereocenters. The van der Waals surface area contributed by atoms with Gasteiger partial charge in [-0.05, 0) is 34.5 Å². The van der Waals surface area contributed by atoms with E-state index >= 15 is 0 Å². The Bertz CT molecular complexity index is 1520. The fraction of sp³-hybridized carbons (Fsp3) is 0.0435. The molecule has 0 atom stereocenters. The van der Waals surface area contributed by atoms with Crippen LogP contribution in [0.2, 0.25) is 0 Å². The summed E-state index contributed by atoms with van der Waals surface area (Å²) in [4.78, 5) is 4.31. The van der Waals surface area contributed by atoms with E-state index in [0.29, 0.717) is 22.8 Å². The lowest BCUT2D eigenvalue weighted by Gasteiger charge is -2.06. The van der Waals surface area contributed by atoms with Gasteiger partial charge in [-0.3, -0.25) is 0 Å². The van der Waals surface area contributed by atoms with Crippen LogP contribution in [0, 0.1) is 0 Å². The Morgan fingerprint density at radius 1 is 1.00 bits per heavy atom. The predicted molar refractivity (Wildman–Crippen MR) is 124 cm³/mol. The zero-order chi connectivity index (χ0) is 22.3. The van der Waals surface area contributed by atoms with Gasteiger partial charge in [-0.15, -0.1) is 11.3 Å². The second-order valence-corrected chi connectivity index (χ2v) is 9.74. The van der Waals surface area contributed by atoms with Gasteiger partial charge < -0.3 is 5.11 Å². The van der Waals surface area contributed by atoms with Crippen molar-refractivity contribution in [3.05, 3.63) is 89.4 Å². The van der Waals surface area contributed by atoms with Crippen LogP contribution in [0.15, 0.2) is 83.2 Å². The molecule has 160 valence electrons. The standard InChI is InChI=1S/C23H18N4O3S2/c24-32(29,30)19-9-5-15(6-10-19)13-20-21(26-27(22(20)28)23-25-11-12-31-23)18-8-7-16-3-1-2-4-17(16)14-18/h1-12,14,28H,13H2,(H2,24,29,30). The number of rotatable bonds is 5. The minimum absolute atomic E-state index is 0.00127. The smallest absolute Gasteiger partial charge is 0.238 e. The number of hydrogen-bond acceptors (Lipinski definition) is 6. The molecule has 32 heavy (non-hydrogen) atoms. The minimum atomic E-state index is -3.77. The fourth-order valence-corrected chi connectivity index (χ4v) is 4.74. The highest BCUT2D eigenvalue weighted by molar-refractivity contribution is 7.89. The van der Waals surface area contributed by atoms with E-state index < -0.39 is 10.0 Å². The molecule has 0 aliphatic heterocycles. The molecule has 9 heteroatoms. The molecule has 3 aromatic carbocycles. The van der Waals surface area contributed by atoms with Crippen molar-refractivity contribution in [3.8, 4) is 22.3 Å². The largest absolute Gasteiger partial charge is 0.493 e. The number of aromatic nitrogens is 3. The average Bonchev–Trinajstić information content (AvgIpc) is 3.42. The van der Waals surface area contributed by atoms with Crippen LogP contribution in [0.4, 0.5) is 0 Å². The Morgan fingerprint density at radius 3 is 2.44 bits per heavy atom. The zero-order valence-electron chi connectivity index (χ0n) is 16.7. The van der Waals surface area contributed by atoms with Crippen molar-refractivity contribution in [2.45, 2.75) is 11.3 Å². The lowest BCUT2D eigenvalue weighted by molar-refractivity contribution is 0.428. The third-order valence-electron chi connectivity index (χ3n) is 5.21. The van der Waals surface area contributed by atoms with Crippen LogP contribution >= 0.6 is 11.3 Å². The van der Waals surface area contributed by atoms with Crippen LogP contribution in [0.5, 0.6) is 5.88 Å². The van der Waals surface area contributed by atoms with Gasteiger partial charge in [0.1, 0.15) is 5.69 Å². The maximum absolute atomic E-state index is 11.6. The third-order valence-corrected chi connectivity index (χ3v) is 6.89. The van der Waals surface area contributed by atoms with Crippen molar-refractivity contribution < 1.29 is 13.5 Å². The average molecular weight is 463 g/mol. The van der Waals surface area contributed by atoms with Gasteiger partial charge in [0.25, 0.3) is 0 Å². The molecule has 0 bridgehead atoms. The maximum atomic E-state index is 11.6. The molecule has 2 aromatic heterocycles. The van der Waals surface area contributed by atoms with Crippen molar-refractivity contribution in [1.82, 2.24) is 14.8 Å². The van der Waals surface area contributed by atoms with Gasteiger partial charge in [-0.1, -0.05) is 48.5 Å². The van der Waals surface area contributed by atoms with E-state index in [1.807, 2.05) is 47.8 Å². The highest BCUT2D eigenvalue weighted by Gasteiger charge is 2.21. The first-order chi connectivity index (χ1) is 15.4. The molecule has 0 spiro atoms. The summed E-state index contributed by atoms with van der Waals surface area (Å²) < 4.78 is 24.5. The lowest BCUT2D eigenvalue weighted by atomic mass is 9.99. The van der Waals surface area contributed by atoms with Gasteiger partial charge >= 0.3 is 0 Å². The Hall–Kier alpha value is -3.53. The Kier molecular flexibility index (Phi) is 5.01. The molecule has 0 aliphatic rings. The first-order valence-electron chi connectivity index (χ1n) is 9.72. The highest BCUT2D eigenvalue weighted by Crippen LogP contribution is 2.35. The van der Waals surface area contributed by atoms with Crippen molar-refractivity contribution in [1.29, 1.82) is 0 Å². The number of nitrogens with zero attached hydrogens (tertiary/aromatic N) is 3. The monoisotopic (exact) mass is 462 g/mol. The van der Waals surface area contributed by atoms with Gasteiger partial charge in [0.15, 0.2) is 0 Å². The predicted octanol–water partition coefficient (Wildman–Crippen LogP) is 4.09. The first kappa shape index (κ1) is 20.4. The summed E-state index contributed by atoms with van der Waals surface area (Å²) in [7, 11) is -3.77. The Balaban J connectivity index is 1.63. The molecule has 0 amide bonds. The molecule has 0 aliphatic carbocycles. The van der Waals surface area contributed by atoms with Crippen LogP contribution in [0.3, 0.4) is 0 Å². The van der Waals surface area contributed by atoms with Crippen LogP contribution in [-0.2, 0) is 16.4 Å². The number of primary sulfonamides is 1. The Morgan fingerprint density at radius 2 is 1.75 bits per heavy atom. The number of fused-ring (bicyclic) bond motifs is 1. The minimum Gasteiger partial charge on any atom is -0.493 e. The van der Waals surface area contributed by atoms with Crippen molar-refractivity contribution in [2.24, 2.45) is 5.14 Å². The lowest BCUT2D eigenvalue weighted by Crippen LogP contribution is -2.11. The SMILES string of the molecule is NS(=O)(=O)c1ccc(Cc2c(-c3ccc4ccccc4c3)nn(-c3nccs3)c2O)cc1. The number of thiazole rings is 1. The molecule has 5 aromatic rings. The molecule has 3 N–H and O–H groups in total. The van der Waals surface area contributed by atoms with Crippen LogP contribution in [-0.4, -0.2) is 28.3 Å². The summed E-state index contributed by atoms with van der Waals surface area (Å²) in [6.07, 6.45) is 2.01. The highest BCUT2D eigenvalue weighted by atomic mass is 32.2. The van der Waals surface area contributed by atoms with Gasteiger partial charge in [0.05, 0.1) is 4.90 Å². The van der Waals surface area contributed by atoms with Crippen molar-refractivity contribution in [2.75, 3.05) is 0 Å². The third kappa shape index (κ3) is 3.77. The molecule has 5 rings (SSSR count). The van der Waals surface area contributed by atoms with E-state index in [9.17, 15) is 13.5 Å². The maximum Gasteiger partial charge on any atom is 0.238 e. The summed E-state index contributed by atoms with van der Waals surface area (Å²) in [6, 6.07) is 20.4. The zero-order valence-corrected chi connectivity index (χ0v) is 18.3. The summed E-state index contributed by atoms with van der Waals surface area (Å²) in [6.45, 7) is 0. The van der Waals surface area contributed by atoms with E-state index in [1.54, 1.807) is 18.3 Å². The van der Waals surface area contributed by atoms with Crippen molar-refractivity contribution in [3.63, 3.8) is 0 Å². The normalized spacial score (nSPS) is 11.8. The van der Waals surface area contributed by atoms with E-state index in [-0.39, 0.29) is 10.8 Å². The van der Waals surface area contributed by atoms with E-state index in [4.69, 9.17) is 5.14 Å². The summed E-state index contributed by atoms with van der Waals surface area (Å²) in [5, 5.41) is 25.5. The van der Waals surface area contributed by atoms with E-state index in [1.165, 1.54) is 28.2 Å². The molecule has 0 radical (unpaired) electrons.